The summed E-state index contributed by atoms with van der Waals surface area (Å²) in [6, 6.07) is 9.25. The lowest BCUT2D eigenvalue weighted by atomic mass is 10.1. The van der Waals surface area contributed by atoms with Crippen LogP contribution in [0.25, 0.3) is 11.1 Å². The Bertz CT molecular complexity index is 785. The second kappa shape index (κ2) is 6.20. The van der Waals surface area contributed by atoms with E-state index in [1.165, 1.54) is 6.26 Å². The Morgan fingerprint density at radius 2 is 1.40 bits per heavy atom. The van der Waals surface area contributed by atoms with Crippen LogP contribution in [0.3, 0.4) is 0 Å². The van der Waals surface area contributed by atoms with Crippen LogP contribution in [0.15, 0.2) is 53.1 Å². The summed E-state index contributed by atoms with van der Waals surface area (Å²) in [4.78, 5) is 0.265. The standard InChI is InChI=1S/C13H8Br4O2S/c1-20(18,19)13-6-11(16)9(5-12(13)17)8-3-2-7(14)4-10(8)15/h2-6H,1H3. The minimum Gasteiger partial charge on any atom is -0.224 e. The van der Waals surface area contributed by atoms with Crippen molar-refractivity contribution in [3.8, 4) is 11.1 Å². The smallest absolute Gasteiger partial charge is 0.176 e. The largest absolute Gasteiger partial charge is 0.224 e. The maximum atomic E-state index is 11.7. The van der Waals surface area contributed by atoms with E-state index in [2.05, 4.69) is 63.7 Å². The molecule has 0 aliphatic carbocycles. The summed E-state index contributed by atoms with van der Waals surface area (Å²) in [5, 5.41) is 0. The fourth-order valence-electron chi connectivity index (χ4n) is 1.73. The van der Waals surface area contributed by atoms with Gasteiger partial charge in [0.15, 0.2) is 9.84 Å². The Labute approximate surface area is 151 Å². The molecule has 0 fully saturated rings. The Morgan fingerprint density at radius 3 is 1.95 bits per heavy atom. The van der Waals surface area contributed by atoms with Gasteiger partial charge in [0, 0.05) is 24.1 Å². The highest BCUT2D eigenvalue weighted by molar-refractivity contribution is 9.11. The van der Waals surface area contributed by atoms with Crippen molar-refractivity contribution >= 4 is 73.6 Å². The minimum absolute atomic E-state index is 0.265. The van der Waals surface area contributed by atoms with Gasteiger partial charge in [0.05, 0.1) is 4.90 Å². The highest BCUT2D eigenvalue weighted by Crippen LogP contribution is 2.39. The number of sulfone groups is 1. The minimum atomic E-state index is -3.27. The zero-order valence-corrected chi connectivity index (χ0v) is 17.3. The normalized spacial score (nSPS) is 11.7. The number of rotatable bonds is 2. The average molecular weight is 548 g/mol. The molecule has 0 bridgehead atoms. The third kappa shape index (κ3) is 3.55. The summed E-state index contributed by atoms with van der Waals surface area (Å²) >= 11 is 13.7. The van der Waals surface area contributed by atoms with Gasteiger partial charge in [-0.1, -0.05) is 53.9 Å². The van der Waals surface area contributed by atoms with Crippen LogP contribution in [0.2, 0.25) is 0 Å². The molecule has 20 heavy (non-hydrogen) atoms. The maximum absolute atomic E-state index is 11.7. The summed E-state index contributed by atoms with van der Waals surface area (Å²) in [5.41, 5.74) is 1.88. The van der Waals surface area contributed by atoms with Gasteiger partial charge in [-0.05, 0) is 51.3 Å². The average Bonchev–Trinajstić information content (AvgIpc) is 2.31. The van der Waals surface area contributed by atoms with Crippen molar-refractivity contribution < 1.29 is 8.42 Å². The van der Waals surface area contributed by atoms with Crippen molar-refractivity contribution in [2.75, 3.05) is 6.26 Å². The van der Waals surface area contributed by atoms with Gasteiger partial charge in [0.2, 0.25) is 0 Å². The third-order valence-corrected chi connectivity index (χ3v) is 6.50. The molecule has 2 aromatic rings. The molecule has 0 aliphatic heterocycles. The number of hydrogen-bond acceptors (Lipinski definition) is 2. The van der Waals surface area contributed by atoms with Crippen LogP contribution in [-0.4, -0.2) is 14.7 Å². The molecule has 0 atom stereocenters. The molecule has 7 heteroatoms. The summed E-state index contributed by atoms with van der Waals surface area (Å²) in [6.07, 6.45) is 1.19. The fourth-order valence-corrected chi connectivity index (χ4v) is 5.67. The first-order valence-electron chi connectivity index (χ1n) is 5.34. The Kier molecular flexibility index (Phi) is 5.17. The van der Waals surface area contributed by atoms with E-state index in [4.69, 9.17) is 0 Å². The van der Waals surface area contributed by atoms with Crippen LogP contribution in [0.4, 0.5) is 0 Å². The van der Waals surface area contributed by atoms with Gasteiger partial charge in [-0.2, -0.15) is 0 Å². The van der Waals surface area contributed by atoms with Crippen LogP contribution in [0.1, 0.15) is 0 Å². The molecule has 0 amide bonds. The SMILES string of the molecule is CS(=O)(=O)c1cc(Br)c(-c2ccc(Br)cc2Br)cc1Br. The Balaban J connectivity index is 2.68. The first kappa shape index (κ1) is 16.7. The predicted molar refractivity (Wildman–Crippen MR) is 95.8 cm³/mol. The molecule has 0 saturated carbocycles. The highest BCUT2D eigenvalue weighted by Gasteiger charge is 2.17. The van der Waals surface area contributed by atoms with Gasteiger partial charge in [0.25, 0.3) is 0 Å². The zero-order valence-electron chi connectivity index (χ0n) is 10.1. The van der Waals surface area contributed by atoms with Crippen molar-refractivity contribution in [2.24, 2.45) is 0 Å². The van der Waals surface area contributed by atoms with Crippen LogP contribution in [0.5, 0.6) is 0 Å². The molecule has 0 aromatic heterocycles. The van der Waals surface area contributed by atoms with Crippen molar-refractivity contribution in [1.82, 2.24) is 0 Å². The van der Waals surface area contributed by atoms with Gasteiger partial charge in [-0.3, -0.25) is 0 Å². The molecule has 0 heterocycles. The predicted octanol–water partition coefficient (Wildman–Crippen LogP) is 5.81. The summed E-state index contributed by atoms with van der Waals surface area (Å²) in [6.45, 7) is 0. The summed E-state index contributed by atoms with van der Waals surface area (Å²) in [7, 11) is -3.27. The lowest BCUT2D eigenvalue weighted by Gasteiger charge is -2.11. The second-order valence-corrected chi connectivity index (χ2v) is 9.62. The summed E-state index contributed by atoms with van der Waals surface area (Å²) in [5.74, 6) is 0. The van der Waals surface area contributed by atoms with Crippen LogP contribution in [-0.2, 0) is 9.84 Å². The van der Waals surface area contributed by atoms with Crippen molar-refractivity contribution in [2.45, 2.75) is 4.90 Å². The Morgan fingerprint density at radius 1 is 0.800 bits per heavy atom. The van der Waals surface area contributed by atoms with Crippen molar-refractivity contribution in [3.63, 3.8) is 0 Å². The molecular weight excluding hydrogens is 540 g/mol. The number of benzene rings is 2. The van der Waals surface area contributed by atoms with Crippen LogP contribution in [0, 0.1) is 0 Å². The number of hydrogen-bond donors (Lipinski definition) is 0. The van der Waals surface area contributed by atoms with E-state index in [-0.39, 0.29) is 4.90 Å². The molecule has 2 aromatic carbocycles. The second-order valence-electron chi connectivity index (χ2n) is 4.16. The van der Waals surface area contributed by atoms with E-state index in [1.54, 1.807) is 12.1 Å². The molecule has 0 radical (unpaired) electrons. The van der Waals surface area contributed by atoms with Crippen molar-refractivity contribution in [3.05, 3.63) is 48.2 Å². The van der Waals surface area contributed by atoms with Gasteiger partial charge >= 0.3 is 0 Å². The quantitative estimate of drug-likeness (QED) is 0.476. The zero-order chi connectivity index (χ0) is 15.1. The molecule has 0 N–H and O–H groups in total. The van der Waals surface area contributed by atoms with Crippen molar-refractivity contribution in [1.29, 1.82) is 0 Å². The van der Waals surface area contributed by atoms with Gasteiger partial charge < -0.3 is 0 Å². The maximum Gasteiger partial charge on any atom is 0.176 e. The van der Waals surface area contributed by atoms with E-state index >= 15 is 0 Å². The lowest BCUT2D eigenvalue weighted by Crippen LogP contribution is -1.99. The van der Waals surface area contributed by atoms with E-state index in [0.717, 1.165) is 24.5 Å². The fraction of sp³-hybridized carbons (Fsp3) is 0.0769. The molecule has 0 saturated heterocycles. The topological polar surface area (TPSA) is 34.1 Å². The third-order valence-electron chi connectivity index (χ3n) is 2.64. The van der Waals surface area contributed by atoms with E-state index < -0.39 is 9.84 Å². The molecule has 106 valence electrons. The van der Waals surface area contributed by atoms with Crippen LogP contribution < -0.4 is 0 Å². The van der Waals surface area contributed by atoms with E-state index in [9.17, 15) is 8.42 Å². The summed E-state index contributed by atoms with van der Waals surface area (Å²) < 4.78 is 26.6. The van der Waals surface area contributed by atoms with E-state index in [0.29, 0.717) is 4.47 Å². The Hall–Kier alpha value is 0.310. The van der Waals surface area contributed by atoms with Gasteiger partial charge in [-0.15, -0.1) is 0 Å². The first-order valence-corrected chi connectivity index (χ1v) is 10.4. The van der Waals surface area contributed by atoms with Gasteiger partial charge in [0.1, 0.15) is 0 Å². The first-order chi connectivity index (χ1) is 9.20. The molecule has 0 unspecified atom stereocenters. The van der Waals surface area contributed by atoms with Gasteiger partial charge in [-0.25, -0.2) is 8.42 Å². The lowest BCUT2D eigenvalue weighted by molar-refractivity contribution is 0.601. The molecule has 0 aliphatic rings. The van der Waals surface area contributed by atoms with Crippen LogP contribution >= 0.6 is 63.7 Å². The number of halogens is 4. The molecular formula is C13H8Br4O2S. The molecule has 0 spiro atoms. The molecule has 2 nitrogen and oxygen atoms in total. The molecule has 2 rings (SSSR count). The highest BCUT2D eigenvalue weighted by atomic mass is 79.9. The monoisotopic (exact) mass is 544 g/mol. The van der Waals surface area contributed by atoms with E-state index in [1.807, 2.05) is 18.2 Å².